The van der Waals surface area contributed by atoms with E-state index >= 15 is 0 Å². The SMILES string of the molecule is CCOc1ccc(NC(=O)CBr)c(C)c1. The van der Waals surface area contributed by atoms with Gasteiger partial charge in [0.2, 0.25) is 5.91 Å². The van der Waals surface area contributed by atoms with Gasteiger partial charge in [-0.1, -0.05) is 15.9 Å². The largest absolute Gasteiger partial charge is 0.494 e. The second-order valence-corrected chi connectivity index (χ2v) is 3.65. The van der Waals surface area contributed by atoms with E-state index < -0.39 is 0 Å². The number of carbonyl (C=O) groups is 1. The van der Waals surface area contributed by atoms with Gasteiger partial charge in [0.25, 0.3) is 0 Å². The van der Waals surface area contributed by atoms with Crippen LogP contribution >= 0.6 is 15.9 Å². The predicted molar refractivity (Wildman–Crippen MR) is 64.8 cm³/mol. The van der Waals surface area contributed by atoms with Crippen LogP contribution in [0.1, 0.15) is 12.5 Å². The van der Waals surface area contributed by atoms with E-state index in [1.54, 1.807) is 0 Å². The molecule has 0 aliphatic rings. The van der Waals surface area contributed by atoms with Crippen molar-refractivity contribution in [3.05, 3.63) is 23.8 Å². The van der Waals surface area contributed by atoms with Crippen LogP contribution in [-0.4, -0.2) is 17.8 Å². The number of benzene rings is 1. The normalized spacial score (nSPS) is 9.80. The van der Waals surface area contributed by atoms with Gasteiger partial charge in [-0.15, -0.1) is 0 Å². The van der Waals surface area contributed by atoms with E-state index in [0.29, 0.717) is 11.9 Å². The van der Waals surface area contributed by atoms with Crippen molar-refractivity contribution in [1.82, 2.24) is 0 Å². The molecule has 15 heavy (non-hydrogen) atoms. The van der Waals surface area contributed by atoms with E-state index in [1.807, 2.05) is 32.0 Å². The maximum atomic E-state index is 11.2. The molecule has 1 N–H and O–H groups in total. The first-order valence-corrected chi connectivity index (χ1v) is 5.88. The minimum absolute atomic E-state index is 0.0535. The van der Waals surface area contributed by atoms with Crippen LogP contribution in [0.4, 0.5) is 5.69 Å². The number of hydrogen-bond acceptors (Lipinski definition) is 2. The Morgan fingerprint density at radius 2 is 2.27 bits per heavy atom. The highest BCUT2D eigenvalue weighted by molar-refractivity contribution is 9.09. The van der Waals surface area contributed by atoms with Gasteiger partial charge in [-0.05, 0) is 37.6 Å². The Hall–Kier alpha value is -1.03. The number of amides is 1. The summed E-state index contributed by atoms with van der Waals surface area (Å²) in [5.74, 6) is 0.772. The summed E-state index contributed by atoms with van der Waals surface area (Å²) < 4.78 is 5.35. The molecular weight excluding hydrogens is 258 g/mol. The Morgan fingerprint density at radius 1 is 1.53 bits per heavy atom. The lowest BCUT2D eigenvalue weighted by atomic mass is 10.2. The summed E-state index contributed by atoms with van der Waals surface area (Å²) in [4.78, 5) is 11.2. The Morgan fingerprint density at radius 3 is 2.80 bits per heavy atom. The lowest BCUT2D eigenvalue weighted by Gasteiger charge is -2.09. The van der Waals surface area contributed by atoms with Crippen LogP contribution in [0.3, 0.4) is 0 Å². The summed E-state index contributed by atoms with van der Waals surface area (Å²) in [6.45, 7) is 4.52. The van der Waals surface area contributed by atoms with Crippen LogP contribution < -0.4 is 10.1 Å². The molecule has 0 saturated carbocycles. The molecule has 1 aromatic rings. The molecular formula is C11H14BrNO2. The topological polar surface area (TPSA) is 38.3 Å². The third-order valence-corrected chi connectivity index (χ3v) is 2.41. The second-order valence-electron chi connectivity index (χ2n) is 3.09. The summed E-state index contributed by atoms with van der Waals surface area (Å²) in [7, 11) is 0. The average Bonchev–Trinajstić information content (AvgIpc) is 2.22. The van der Waals surface area contributed by atoms with Gasteiger partial charge >= 0.3 is 0 Å². The summed E-state index contributed by atoms with van der Waals surface area (Å²) in [5, 5.41) is 3.09. The molecule has 1 rings (SSSR count). The molecule has 0 radical (unpaired) electrons. The first-order valence-electron chi connectivity index (χ1n) is 4.76. The number of hydrogen-bond donors (Lipinski definition) is 1. The number of rotatable bonds is 4. The number of nitrogens with one attached hydrogen (secondary N) is 1. The summed E-state index contributed by atoms with van der Waals surface area (Å²) in [5.41, 5.74) is 1.82. The predicted octanol–water partition coefficient (Wildman–Crippen LogP) is 2.73. The van der Waals surface area contributed by atoms with Crippen molar-refractivity contribution in [2.45, 2.75) is 13.8 Å². The van der Waals surface area contributed by atoms with E-state index in [-0.39, 0.29) is 5.91 Å². The lowest BCUT2D eigenvalue weighted by Crippen LogP contribution is -2.13. The molecule has 82 valence electrons. The summed E-state index contributed by atoms with van der Waals surface area (Å²) in [6.07, 6.45) is 0. The number of carbonyl (C=O) groups excluding carboxylic acids is 1. The fourth-order valence-corrected chi connectivity index (χ4v) is 1.36. The van der Waals surface area contributed by atoms with Gasteiger partial charge in [0.1, 0.15) is 5.75 Å². The second kappa shape index (κ2) is 5.75. The van der Waals surface area contributed by atoms with Crippen LogP contribution in [0.15, 0.2) is 18.2 Å². The van der Waals surface area contributed by atoms with Gasteiger partial charge in [0.05, 0.1) is 11.9 Å². The van der Waals surface area contributed by atoms with Crippen LogP contribution in [0.25, 0.3) is 0 Å². The Labute approximate surface area is 97.9 Å². The molecule has 4 heteroatoms. The quantitative estimate of drug-likeness (QED) is 0.856. The Balaban J connectivity index is 2.78. The number of alkyl halides is 1. The molecule has 0 bridgehead atoms. The van der Waals surface area contributed by atoms with Gasteiger partial charge in [-0.2, -0.15) is 0 Å². The third kappa shape index (κ3) is 3.55. The molecule has 1 aromatic carbocycles. The first kappa shape index (κ1) is 12.0. The molecule has 0 aliphatic heterocycles. The van der Waals surface area contributed by atoms with Gasteiger partial charge in [0.15, 0.2) is 0 Å². The number of aryl methyl sites for hydroxylation is 1. The zero-order chi connectivity index (χ0) is 11.3. The number of halogens is 1. The van der Waals surface area contributed by atoms with Crippen LogP contribution in [0.2, 0.25) is 0 Å². The minimum Gasteiger partial charge on any atom is -0.494 e. The highest BCUT2D eigenvalue weighted by Crippen LogP contribution is 2.21. The molecule has 0 heterocycles. The zero-order valence-corrected chi connectivity index (χ0v) is 10.4. The number of ether oxygens (including phenoxy) is 1. The van der Waals surface area contributed by atoms with Gasteiger partial charge < -0.3 is 10.1 Å². The monoisotopic (exact) mass is 271 g/mol. The molecule has 0 atom stereocenters. The minimum atomic E-state index is -0.0535. The smallest absolute Gasteiger partial charge is 0.235 e. The third-order valence-electron chi connectivity index (χ3n) is 1.90. The molecule has 0 fully saturated rings. The van der Waals surface area contributed by atoms with E-state index in [0.717, 1.165) is 17.0 Å². The molecule has 0 spiro atoms. The Kier molecular flexibility index (Phi) is 4.62. The highest BCUT2D eigenvalue weighted by Gasteiger charge is 2.03. The van der Waals surface area contributed by atoms with Crippen molar-refractivity contribution < 1.29 is 9.53 Å². The fourth-order valence-electron chi connectivity index (χ4n) is 1.22. The number of anilines is 1. The van der Waals surface area contributed by atoms with Gasteiger partial charge in [-0.25, -0.2) is 0 Å². The van der Waals surface area contributed by atoms with E-state index in [4.69, 9.17) is 4.74 Å². The fraction of sp³-hybridized carbons (Fsp3) is 0.364. The van der Waals surface area contributed by atoms with Crippen LogP contribution in [0.5, 0.6) is 5.75 Å². The maximum Gasteiger partial charge on any atom is 0.235 e. The lowest BCUT2D eigenvalue weighted by molar-refractivity contribution is -0.113. The van der Waals surface area contributed by atoms with Gasteiger partial charge in [-0.3, -0.25) is 4.79 Å². The van der Waals surface area contributed by atoms with Crippen molar-refractivity contribution in [3.63, 3.8) is 0 Å². The Bertz CT molecular complexity index is 352. The average molecular weight is 272 g/mol. The molecule has 3 nitrogen and oxygen atoms in total. The molecule has 0 saturated heterocycles. The van der Waals surface area contributed by atoms with Crippen molar-refractivity contribution in [3.8, 4) is 5.75 Å². The van der Waals surface area contributed by atoms with E-state index in [2.05, 4.69) is 21.2 Å². The standard InChI is InChI=1S/C11H14BrNO2/c1-3-15-9-4-5-10(8(2)6-9)13-11(14)7-12/h4-6H,3,7H2,1-2H3,(H,13,14). The molecule has 0 unspecified atom stereocenters. The van der Waals surface area contributed by atoms with Crippen LogP contribution in [-0.2, 0) is 4.79 Å². The first-order chi connectivity index (χ1) is 7.17. The van der Waals surface area contributed by atoms with Crippen molar-refractivity contribution in [1.29, 1.82) is 0 Å². The maximum absolute atomic E-state index is 11.2. The zero-order valence-electron chi connectivity index (χ0n) is 8.84. The van der Waals surface area contributed by atoms with E-state index in [9.17, 15) is 4.79 Å². The molecule has 1 amide bonds. The van der Waals surface area contributed by atoms with Crippen LogP contribution in [0, 0.1) is 6.92 Å². The van der Waals surface area contributed by atoms with Crippen molar-refractivity contribution >= 4 is 27.5 Å². The van der Waals surface area contributed by atoms with Crippen molar-refractivity contribution in [2.24, 2.45) is 0 Å². The van der Waals surface area contributed by atoms with E-state index in [1.165, 1.54) is 0 Å². The molecule has 0 aromatic heterocycles. The van der Waals surface area contributed by atoms with Gasteiger partial charge in [0, 0.05) is 5.69 Å². The summed E-state index contributed by atoms with van der Waals surface area (Å²) in [6, 6.07) is 5.61. The van der Waals surface area contributed by atoms with Crippen molar-refractivity contribution in [2.75, 3.05) is 17.3 Å². The highest BCUT2D eigenvalue weighted by atomic mass is 79.9. The summed E-state index contributed by atoms with van der Waals surface area (Å²) >= 11 is 3.10. The molecule has 0 aliphatic carbocycles.